The Kier molecular flexibility index (Phi) is 4.09. The summed E-state index contributed by atoms with van der Waals surface area (Å²) in [5, 5.41) is 4.89. The molecular weight excluding hydrogens is 262 g/mol. The number of ether oxygens (including phenoxy) is 1. The summed E-state index contributed by atoms with van der Waals surface area (Å²) in [4.78, 5) is 11.0. The van der Waals surface area contributed by atoms with Crippen LogP contribution in [0.3, 0.4) is 0 Å². The van der Waals surface area contributed by atoms with E-state index in [0.717, 1.165) is 22.1 Å². The second-order valence-corrected chi connectivity index (χ2v) is 6.18. The van der Waals surface area contributed by atoms with Gasteiger partial charge in [-0.25, -0.2) is 0 Å². The topological polar surface area (TPSA) is 38.3 Å². The first-order valence-corrected chi connectivity index (χ1v) is 7.21. The maximum absolute atomic E-state index is 11.0. The van der Waals surface area contributed by atoms with Gasteiger partial charge in [-0.2, -0.15) is 0 Å². The summed E-state index contributed by atoms with van der Waals surface area (Å²) in [6.45, 7) is 8.12. The van der Waals surface area contributed by atoms with E-state index in [2.05, 4.69) is 5.32 Å². The van der Waals surface area contributed by atoms with Crippen molar-refractivity contribution in [3.63, 3.8) is 0 Å². The maximum Gasteiger partial charge on any atom is 0.216 e. The number of carbonyl (C=O) groups is 1. The molecule has 0 fully saturated rings. The molecular formula is C18H23NO2. The highest BCUT2D eigenvalue weighted by atomic mass is 16.5. The van der Waals surface area contributed by atoms with Gasteiger partial charge in [-0.05, 0) is 55.7 Å². The highest BCUT2D eigenvalue weighted by Gasteiger charge is 2.12. The maximum atomic E-state index is 11.0. The van der Waals surface area contributed by atoms with Gasteiger partial charge in [0.1, 0.15) is 11.4 Å². The Morgan fingerprint density at radius 2 is 2.05 bits per heavy atom. The molecule has 2 aromatic carbocycles. The first kappa shape index (κ1) is 13.9. The molecule has 0 atom stereocenters. The van der Waals surface area contributed by atoms with Gasteiger partial charge in [0.05, 0.1) is 1.37 Å². The van der Waals surface area contributed by atoms with E-state index in [1.165, 1.54) is 6.92 Å². The normalized spacial score (nSPS) is 12.1. The number of hydrogen-bond acceptors (Lipinski definition) is 2. The van der Waals surface area contributed by atoms with Crippen LogP contribution in [0.2, 0.25) is 0 Å². The molecule has 0 saturated heterocycles. The van der Waals surface area contributed by atoms with Gasteiger partial charge in [0.15, 0.2) is 0 Å². The molecule has 0 unspecified atom stereocenters. The molecule has 0 radical (unpaired) electrons. The van der Waals surface area contributed by atoms with Crippen LogP contribution in [-0.4, -0.2) is 18.1 Å². The third kappa shape index (κ3) is 4.48. The second kappa shape index (κ2) is 6.17. The van der Waals surface area contributed by atoms with Crippen LogP contribution in [0.15, 0.2) is 36.4 Å². The molecule has 1 N–H and O–H groups in total. The molecule has 3 nitrogen and oxygen atoms in total. The van der Waals surface area contributed by atoms with Crippen LogP contribution in [-0.2, 0) is 11.2 Å². The molecule has 2 aromatic rings. The summed E-state index contributed by atoms with van der Waals surface area (Å²) in [6, 6.07) is 10.1. The minimum atomic E-state index is -0.251. The fourth-order valence-electron chi connectivity index (χ4n) is 2.25. The molecule has 0 aliphatic heterocycles. The highest BCUT2D eigenvalue weighted by Crippen LogP contribution is 2.26. The standard InChI is InChI=1S/C18H23NO2/c1-13(20)19-11-10-15-7-5-6-14-8-9-16(12-17(14)15)21-18(2,3)4/h5-9,12H,10-11H2,1-4H3,(H,19,20)/i5D. The van der Waals surface area contributed by atoms with Crippen molar-refractivity contribution in [1.29, 1.82) is 0 Å². The van der Waals surface area contributed by atoms with Crippen LogP contribution in [0.1, 0.15) is 34.6 Å². The average Bonchev–Trinajstić information content (AvgIpc) is 2.37. The molecule has 0 bridgehead atoms. The molecule has 3 heteroatoms. The fourth-order valence-corrected chi connectivity index (χ4v) is 2.25. The smallest absolute Gasteiger partial charge is 0.216 e. The van der Waals surface area contributed by atoms with Gasteiger partial charge in [0, 0.05) is 13.5 Å². The largest absolute Gasteiger partial charge is 0.488 e. The summed E-state index contributed by atoms with van der Waals surface area (Å²) >= 11 is 0. The molecule has 0 aliphatic rings. The first-order chi connectivity index (χ1) is 10.2. The van der Waals surface area contributed by atoms with Crippen molar-refractivity contribution in [2.75, 3.05) is 6.54 Å². The van der Waals surface area contributed by atoms with Crippen LogP contribution in [0.5, 0.6) is 5.75 Å². The van der Waals surface area contributed by atoms with Gasteiger partial charge >= 0.3 is 0 Å². The van der Waals surface area contributed by atoms with Gasteiger partial charge in [0.2, 0.25) is 5.91 Å². The molecule has 0 saturated carbocycles. The highest BCUT2D eigenvalue weighted by molar-refractivity contribution is 5.87. The van der Waals surface area contributed by atoms with Crippen molar-refractivity contribution in [3.8, 4) is 5.75 Å². The van der Waals surface area contributed by atoms with E-state index in [4.69, 9.17) is 6.11 Å². The van der Waals surface area contributed by atoms with Gasteiger partial charge in [0.25, 0.3) is 0 Å². The van der Waals surface area contributed by atoms with Crippen molar-refractivity contribution < 1.29 is 10.9 Å². The fraction of sp³-hybridized carbons (Fsp3) is 0.389. The predicted octanol–water partition coefficient (Wildman–Crippen LogP) is 3.70. The summed E-state index contributed by atoms with van der Waals surface area (Å²) in [7, 11) is 0. The molecule has 0 aromatic heterocycles. The second-order valence-electron chi connectivity index (χ2n) is 6.18. The summed E-state index contributed by atoms with van der Waals surface area (Å²) in [6.07, 6.45) is 0.696. The molecule has 0 heterocycles. The molecule has 1 amide bonds. The molecule has 2 rings (SSSR count). The lowest BCUT2D eigenvalue weighted by molar-refractivity contribution is -0.118. The first-order valence-electron chi connectivity index (χ1n) is 7.71. The van der Waals surface area contributed by atoms with Crippen LogP contribution < -0.4 is 10.1 Å². The quantitative estimate of drug-likeness (QED) is 0.930. The number of benzene rings is 2. The van der Waals surface area contributed by atoms with Crippen LogP contribution in [0, 0.1) is 0 Å². The summed E-state index contributed by atoms with van der Waals surface area (Å²) < 4.78 is 13.8. The Bertz CT molecular complexity index is 689. The van der Waals surface area contributed by atoms with E-state index in [9.17, 15) is 4.79 Å². The predicted molar refractivity (Wildman–Crippen MR) is 86.7 cm³/mol. The monoisotopic (exact) mass is 286 g/mol. The third-order valence-electron chi connectivity index (χ3n) is 3.06. The number of nitrogens with one attached hydrogen (secondary N) is 1. The number of amides is 1. The SMILES string of the molecule is [2H]c1cc(CCNC(C)=O)c2cc(OC(C)(C)C)ccc2c1. The van der Waals surface area contributed by atoms with E-state index in [1.807, 2.05) is 51.1 Å². The average molecular weight is 286 g/mol. The van der Waals surface area contributed by atoms with Crippen molar-refractivity contribution in [2.24, 2.45) is 0 Å². The molecule has 0 aliphatic carbocycles. The summed E-state index contributed by atoms with van der Waals surface area (Å²) in [5.74, 6) is 0.779. The number of hydrogen-bond donors (Lipinski definition) is 1. The number of carbonyl (C=O) groups excluding carboxylic acids is 1. The van der Waals surface area contributed by atoms with Gasteiger partial charge in [-0.3, -0.25) is 4.79 Å². The zero-order chi connectivity index (χ0) is 16.3. The van der Waals surface area contributed by atoms with E-state index in [1.54, 1.807) is 0 Å². The summed E-state index contributed by atoms with van der Waals surface area (Å²) in [5.41, 5.74) is 0.801. The van der Waals surface area contributed by atoms with Crippen LogP contribution >= 0.6 is 0 Å². The molecule has 112 valence electrons. The Hall–Kier alpha value is -2.03. The Morgan fingerprint density at radius 1 is 1.29 bits per heavy atom. The Labute approximate surface area is 127 Å². The van der Waals surface area contributed by atoms with Crippen molar-refractivity contribution in [2.45, 2.75) is 39.7 Å². The zero-order valence-corrected chi connectivity index (χ0v) is 13.1. The minimum absolute atomic E-state index is 0.0388. The van der Waals surface area contributed by atoms with Crippen LogP contribution in [0.25, 0.3) is 10.8 Å². The lowest BCUT2D eigenvalue weighted by atomic mass is 10.0. The van der Waals surface area contributed by atoms with E-state index >= 15 is 0 Å². The van der Waals surface area contributed by atoms with Gasteiger partial charge < -0.3 is 10.1 Å². The number of rotatable bonds is 4. The van der Waals surface area contributed by atoms with Crippen molar-refractivity contribution in [1.82, 2.24) is 5.32 Å². The van der Waals surface area contributed by atoms with Gasteiger partial charge in [-0.1, -0.05) is 24.2 Å². The Morgan fingerprint density at radius 3 is 2.71 bits per heavy atom. The third-order valence-corrected chi connectivity index (χ3v) is 3.06. The minimum Gasteiger partial charge on any atom is -0.488 e. The van der Waals surface area contributed by atoms with E-state index in [-0.39, 0.29) is 11.5 Å². The van der Waals surface area contributed by atoms with Crippen molar-refractivity contribution in [3.05, 3.63) is 41.9 Å². The zero-order valence-electron chi connectivity index (χ0n) is 14.1. The lowest BCUT2D eigenvalue weighted by Gasteiger charge is -2.21. The van der Waals surface area contributed by atoms with E-state index < -0.39 is 0 Å². The van der Waals surface area contributed by atoms with E-state index in [0.29, 0.717) is 19.0 Å². The lowest BCUT2D eigenvalue weighted by Crippen LogP contribution is -2.23. The Balaban J connectivity index is 2.35. The molecule has 0 spiro atoms. The number of fused-ring (bicyclic) bond motifs is 1. The van der Waals surface area contributed by atoms with Crippen LogP contribution in [0.4, 0.5) is 0 Å². The van der Waals surface area contributed by atoms with Gasteiger partial charge in [-0.15, -0.1) is 0 Å². The van der Waals surface area contributed by atoms with Crippen molar-refractivity contribution >= 4 is 16.7 Å². The molecule has 21 heavy (non-hydrogen) atoms.